The molecule has 1 unspecified atom stereocenters. The average molecular weight is 409 g/mol. The van der Waals surface area contributed by atoms with Crippen LogP contribution in [0.5, 0.6) is 5.75 Å². The smallest absolute Gasteiger partial charge is 0.267 e. The maximum atomic E-state index is 12.5. The Kier molecular flexibility index (Phi) is 6.74. The third kappa shape index (κ3) is 4.99. The standard InChI is InChI=1S/C21H23N5O4/c1-15(21(29)22-12-4-14-25-19(27)5-3-13-23-25)26-20(28)11-10-18(24-26)16-6-8-17(30-2)9-7-16/h3,5-11,13,15H,4,12,14H2,1-2H3,(H,22,29). The van der Waals surface area contributed by atoms with Gasteiger partial charge in [-0.3, -0.25) is 14.4 Å². The molecule has 9 heteroatoms. The summed E-state index contributed by atoms with van der Waals surface area (Å²) in [5.41, 5.74) is 0.822. The minimum absolute atomic E-state index is 0.191. The molecule has 3 aromatic rings. The number of rotatable bonds is 8. The average Bonchev–Trinajstić information content (AvgIpc) is 2.77. The third-order valence-corrected chi connectivity index (χ3v) is 4.59. The molecule has 1 atom stereocenters. The van der Waals surface area contributed by atoms with Gasteiger partial charge >= 0.3 is 0 Å². The largest absolute Gasteiger partial charge is 0.497 e. The van der Waals surface area contributed by atoms with E-state index >= 15 is 0 Å². The molecule has 0 aliphatic rings. The predicted molar refractivity (Wildman–Crippen MR) is 111 cm³/mol. The quantitative estimate of drug-likeness (QED) is 0.561. The molecule has 0 radical (unpaired) electrons. The molecule has 1 aromatic carbocycles. The summed E-state index contributed by atoms with van der Waals surface area (Å²) in [7, 11) is 1.59. The molecule has 1 N–H and O–H groups in total. The second-order valence-electron chi connectivity index (χ2n) is 6.64. The lowest BCUT2D eigenvalue weighted by Gasteiger charge is -2.15. The number of carbonyl (C=O) groups excluding carboxylic acids is 1. The van der Waals surface area contributed by atoms with Gasteiger partial charge in [-0.2, -0.15) is 10.2 Å². The Balaban J connectivity index is 1.64. The molecule has 2 aromatic heterocycles. The molecule has 0 fully saturated rings. The van der Waals surface area contributed by atoms with Crippen molar-refractivity contribution in [3.63, 3.8) is 0 Å². The SMILES string of the molecule is COc1ccc(-c2ccc(=O)n(C(C)C(=O)NCCCn3ncccc3=O)n2)cc1. The highest BCUT2D eigenvalue weighted by Gasteiger charge is 2.17. The summed E-state index contributed by atoms with van der Waals surface area (Å²) in [5.74, 6) is 0.387. The third-order valence-electron chi connectivity index (χ3n) is 4.59. The maximum absolute atomic E-state index is 12.5. The normalized spacial score (nSPS) is 11.7. The number of aromatic nitrogens is 4. The molecular weight excluding hydrogens is 386 g/mol. The van der Waals surface area contributed by atoms with Crippen molar-refractivity contribution in [1.29, 1.82) is 0 Å². The Morgan fingerprint density at radius 3 is 2.57 bits per heavy atom. The van der Waals surface area contributed by atoms with E-state index in [1.54, 1.807) is 38.3 Å². The van der Waals surface area contributed by atoms with Crippen LogP contribution in [0, 0.1) is 0 Å². The van der Waals surface area contributed by atoms with E-state index in [1.165, 1.54) is 23.0 Å². The van der Waals surface area contributed by atoms with Crippen LogP contribution in [-0.4, -0.2) is 39.1 Å². The highest BCUT2D eigenvalue weighted by atomic mass is 16.5. The number of amides is 1. The zero-order valence-electron chi connectivity index (χ0n) is 16.8. The minimum Gasteiger partial charge on any atom is -0.497 e. The lowest BCUT2D eigenvalue weighted by atomic mass is 10.1. The molecule has 1 amide bonds. The van der Waals surface area contributed by atoms with Crippen molar-refractivity contribution >= 4 is 5.91 Å². The van der Waals surface area contributed by atoms with Crippen LogP contribution in [0.25, 0.3) is 11.3 Å². The molecule has 0 aliphatic carbocycles. The second-order valence-corrected chi connectivity index (χ2v) is 6.64. The Hall–Kier alpha value is -3.75. The number of hydrogen-bond donors (Lipinski definition) is 1. The van der Waals surface area contributed by atoms with Gasteiger partial charge in [-0.05, 0) is 49.7 Å². The fourth-order valence-electron chi connectivity index (χ4n) is 2.87. The molecule has 156 valence electrons. The summed E-state index contributed by atoms with van der Waals surface area (Å²) in [5, 5.41) is 11.1. The van der Waals surface area contributed by atoms with E-state index in [0.717, 1.165) is 10.2 Å². The molecule has 3 rings (SSSR count). The van der Waals surface area contributed by atoms with Crippen molar-refractivity contribution in [3.8, 4) is 17.0 Å². The number of nitrogens with one attached hydrogen (secondary N) is 1. The number of ether oxygens (including phenoxy) is 1. The number of benzene rings is 1. The first kappa shape index (κ1) is 21.0. The van der Waals surface area contributed by atoms with Crippen molar-refractivity contribution in [2.24, 2.45) is 0 Å². The summed E-state index contributed by atoms with van der Waals surface area (Å²) in [6.45, 7) is 2.35. The van der Waals surface area contributed by atoms with Gasteiger partial charge in [-0.15, -0.1) is 0 Å². The van der Waals surface area contributed by atoms with Gasteiger partial charge in [-0.1, -0.05) is 0 Å². The van der Waals surface area contributed by atoms with E-state index in [0.29, 0.717) is 31.0 Å². The summed E-state index contributed by atoms with van der Waals surface area (Å²) < 4.78 is 7.65. The van der Waals surface area contributed by atoms with E-state index in [2.05, 4.69) is 15.5 Å². The second kappa shape index (κ2) is 9.64. The van der Waals surface area contributed by atoms with Crippen LogP contribution < -0.4 is 21.2 Å². The summed E-state index contributed by atoms with van der Waals surface area (Å²) in [6, 6.07) is 12.5. The van der Waals surface area contributed by atoms with Gasteiger partial charge in [0.1, 0.15) is 11.8 Å². The van der Waals surface area contributed by atoms with Gasteiger partial charge in [0.15, 0.2) is 0 Å². The van der Waals surface area contributed by atoms with Crippen LogP contribution in [0.15, 0.2) is 64.3 Å². The van der Waals surface area contributed by atoms with Crippen molar-refractivity contribution < 1.29 is 9.53 Å². The van der Waals surface area contributed by atoms with Gasteiger partial charge in [0.25, 0.3) is 11.1 Å². The molecule has 2 heterocycles. The topological polar surface area (TPSA) is 108 Å². The van der Waals surface area contributed by atoms with Gasteiger partial charge in [0.05, 0.1) is 12.8 Å². The number of nitrogens with zero attached hydrogens (tertiary/aromatic N) is 4. The first-order valence-electron chi connectivity index (χ1n) is 9.54. The van der Waals surface area contributed by atoms with Crippen molar-refractivity contribution in [3.05, 3.63) is 75.4 Å². The van der Waals surface area contributed by atoms with Crippen LogP contribution >= 0.6 is 0 Å². The summed E-state index contributed by atoms with van der Waals surface area (Å²) >= 11 is 0. The van der Waals surface area contributed by atoms with E-state index < -0.39 is 6.04 Å². The molecule has 0 saturated heterocycles. The molecule has 0 saturated carbocycles. The van der Waals surface area contributed by atoms with Crippen molar-refractivity contribution in [2.75, 3.05) is 13.7 Å². The fraction of sp³-hybridized carbons (Fsp3) is 0.286. The lowest BCUT2D eigenvalue weighted by Crippen LogP contribution is -2.37. The Labute approximate surface area is 172 Å². The van der Waals surface area contributed by atoms with E-state index in [1.807, 2.05) is 12.1 Å². The lowest BCUT2D eigenvalue weighted by molar-refractivity contribution is -0.124. The van der Waals surface area contributed by atoms with E-state index in [9.17, 15) is 14.4 Å². The molecule has 0 bridgehead atoms. The Morgan fingerprint density at radius 2 is 1.87 bits per heavy atom. The van der Waals surface area contributed by atoms with E-state index in [-0.39, 0.29) is 17.0 Å². The van der Waals surface area contributed by atoms with Gasteiger partial charge in [0, 0.05) is 37.0 Å². The Morgan fingerprint density at radius 1 is 1.10 bits per heavy atom. The molecule has 0 spiro atoms. The highest BCUT2D eigenvalue weighted by molar-refractivity contribution is 5.79. The van der Waals surface area contributed by atoms with Crippen LogP contribution in [0.1, 0.15) is 19.4 Å². The molecule has 9 nitrogen and oxygen atoms in total. The van der Waals surface area contributed by atoms with E-state index in [4.69, 9.17) is 4.74 Å². The first-order valence-corrected chi connectivity index (χ1v) is 9.54. The van der Waals surface area contributed by atoms with Gasteiger partial charge in [0.2, 0.25) is 5.91 Å². The molecular formula is C21H23N5O4. The summed E-state index contributed by atoms with van der Waals surface area (Å²) in [4.78, 5) is 36.4. The number of aryl methyl sites for hydroxylation is 1. The maximum Gasteiger partial charge on any atom is 0.267 e. The van der Waals surface area contributed by atoms with Crippen LogP contribution in [0.3, 0.4) is 0 Å². The zero-order chi connectivity index (χ0) is 21.5. The van der Waals surface area contributed by atoms with Gasteiger partial charge < -0.3 is 10.1 Å². The fourth-order valence-corrected chi connectivity index (χ4v) is 2.87. The first-order chi connectivity index (χ1) is 14.5. The number of hydrogen-bond acceptors (Lipinski definition) is 6. The van der Waals surface area contributed by atoms with Crippen LogP contribution in [0.2, 0.25) is 0 Å². The monoisotopic (exact) mass is 409 g/mol. The van der Waals surface area contributed by atoms with Gasteiger partial charge in [-0.25, -0.2) is 9.36 Å². The zero-order valence-corrected chi connectivity index (χ0v) is 16.8. The highest BCUT2D eigenvalue weighted by Crippen LogP contribution is 2.20. The van der Waals surface area contributed by atoms with Crippen molar-refractivity contribution in [2.45, 2.75) is 25.9 Å². The molecule has 0 aliphatic heterocycles. The molecule has 30 heavy (non-hydrogen) atoms. The Bertz CT molecular complexity index is 1120. The minimum atomic E-state index is -0.784. The van der Waals surface area contributed by atoms with Crippen LogP contribution in [-0.2, 0) is 11.3 Å². The number of methoxy groups -OCH3 is 1. The van der Waals surface area contributed by atoms with Crippen LogP contribution in [0.4, 0.5) is 0 Å². The summed E-state index contributed by atoms with van der Waals surface area (Å²) in [6.07, 6.45) is 2.07. The van der Waals surface area contributed by atoms with Crippen molar-refractivity contribution in [1.82, 2.24) is 24.9 Å². The predicted octanol–water partition coefficient (Wildman–Crippen LogP) is 1.24. The number of carbonyl (C=O) groups is 1.